The normalized spacial score (nSPS) is 17.5. The van der Waals surface area contributed by atoms with Crippen molar-refractivity contribution >= 4 is 5.97 Å². The monoisotopic (exact) mass is 378 g/mol. The highest BCUT2D eigenvalue weighted by Gasteiger charge is 2.24. The summed E-state index contributed by atoms with van der Waals surface area (Å²) in [7, 11) is 0. The van der Waals surface area contributed by atoms with Gasteiger partial charge in [-0.1, -0.05) is 24.3 Å². The Morgan fingerprint density at radius 3 is 2.86 bits per heavy atom. The zero-order chi connectivity index (χ0) is 19.5. The van der Waals surface area contributed by atoms with Gasteiger partial charge in [0, 0.05) is 24.8 Å². The van der Waals surface area contributed by atoms with Crippen LogP contribution in [0.1, 0.15) is 33.5 Å². The number of aromatic carboxylic acids is 1. The molecule has 1 unspecified atom stereocenters. The highest BCUT2D eigenvalue weighted by molar-refractivity contribution is 5.95. The first-order valence-corrected chi connectivity index (χ1v) is 9.28. The van der Waals surface area contributed by atoms with E-state index in [0.29, 0.717) is 24.5 Å². The Labute approximate surface area is 163 Å². The van der Waals surface area contributed by atoms with Crippen molar-refractivity contribution in [2.75, 3.05) is 19.7 Å². The van der Waals surface area contributed by atoms with Gasteiger partial charge in [-0.3, -0.25) is 9.88 Å². The maximum atomic E-state index is 11.4. The molecule has 6 heteroatoms. The summed E-state index contributed by atoms with van der Waals surface area (Å²) in [4.78, 5) is 18.2. The maximum absolute atomic E-state index is 11.4. The van der Waals surface area contributed by atoms with Crippen molar-refractivity contribution in [1.29, 1.82) is 0 Å². The van der Waals surface area contributed by atoms with E-state index in [1.807, 2.05) is 43.5 Å². The van der Waals surface area contributed by atoms with Crippen molar-refractivity contribution in [2.24, 2.45) is 0 Å². The Morgan fingerprint density at radius 1 is 1.21 bits per heavy atom. The molecule has 3 heterocycles. The number of rotatable bonds is 5. The molecule has 1 aromatic carbocycles. The van der Waals surface area contributed by atoms with E-state index >= 15 is 0 Å². The Bertz CT molecular complexity index is 965. The number of aryl methyl sites for hydroxylation is 1. The molecule has 6 nitrogen and oxygen atoms in total. The molecule has 1 saturated heterocycles. The number of pyridine rings is 1. The minimum Gasteiger partial charge on any atom is -0.478 e. The average Bonchev–Trinajstić information content (AvgIpc) is 3.17. The Hall–Kier alpha value is -2.96. The summed E-state index contributed by atoms with van der Waals surface area (Å²) in [6, 6.07) is 14.7. The number of nitrogens with zero attached hydrogens (tertiary/aromatic N) is 2. The molecule has 1 aliphatic heterocycles. The molecule has 144 valence electrons. The van der Waals surface area contributed by atoms with Gasteiger partial charge < -0.3 is 14.3 Å². The molecule has 1 fully saturated rings. The van der Waals surface area contributed by atoms with E-state index in [9.17, 15) is 9.90 Å². The van der Waals surface area contributed by atoms with E-state index in [2.05, 4.69) is 9.88 Å². The van der Waals surface area contributed by atoms with Gasteiger partial charge in [-0.2, -0.15) is 0 Å². The van der Waals surface area contributed by atoms with Gasteiger partial charge in [-0.15, -0.1) is 0 Å². The summed E-state index contributed by atoms with van der Waals surface area (Å²) in [6.07, 6.45) is 1.80. The number of carboxylic acids is 1. The van der Waals surface area contributed by atoms with Gasteiger partial charge in [0.1, 0.15) is 17.6 Å². The summed E-state index contributed by atoms with van der Waals surface area (Å²) in [5, 5.41) is 9.38. The fourth-order valence-electron chi connectivity index (χ4n) is 3.41. The number of benzene rings is 1. The molecule has 3 aromatic rings. The van der Waals surface area contributed by atoms with Crippen molar-refractivity contribution in [3.05, 3.63) is 77.3 Å². The lowest BCUT2D eigenvalue weighted by Crippen LogP contribution is -2.38. The van der Waals surface area contributed by atoms with Gasteiger partial charge >= 0.3 is 5.97 Å². The molecule has 28 heavy (non-hydrogen) atoms. The standard InChI is InChI=1S/C22H22N2O4/c1-15-6-8-19(23-12-15)21-14-24(10-11-27-21)13-16-7-9-20(28-16)17-4-2-3-5-18(17)22(25)26/h2-9,12,21H,10-11,13-14H2,1H3,(H,25,26). The van der Waals surface area contributed by atoms with Gasteiger partial charge in [0.2, 0.25) is 0 Å². The fraction of sp³-hybridized carbons (Fsp3) is 0.273. The Kier molecular flexibility index (Phi) is 5.23. The number of hydrogen-bond acceptors (Lipinski definition) is 5. The third-order valence-corrected chi connectivity index (χ3v) is 4.88. The van der Waals surface area contributed by atoms with E-state index in [-0.39, 0.29) is 11.7 Å². The van der Waals surface area contributed by atoms with E-state index in [0.717, 1.165) is 30.1 Å². The van der Waals surface area contributed by atoms with Crippen molar-refractivity contribution in [3.63, 3.8) is 0 Å². The van der Waals surface area contributed by atoms with E-state index < -0.39 is 5.97 Å². The zero-order valence-corrected chi connectivity index (χ0v) is 15.7. The number of morpholine rings is 1. The first kappa shape index (κ1) is 18.4. The van der Waals surface area contributed by atoms with Crippen LogP contribution in [0, 0.1) is 6.92 Å². The van der Waals surface area contributed by atoms with Crippen molar-refractivity contribution in [3.8, 4) is 11.3 Å². The molecule has 0 spiro atoms. The van der Waals surface area contributed by atoms with E-state index in [1.165, 1.54) is 0 Å². The summed E-state index contributed by atoms with van der Waals surface area (Å²) in [6.45, 7) is 4.83. The highest BCUT2D eigenvalue weighted by Crippen LogP contribution is 2.28. The predicted octanol–water partition coefficient (Wildman–Crippen LogP) is 3.92. The summed E-state index contributed by atoms with van der Waals surface area (Å²) in [5.74, 6) is 0.404. The molecule has 0 aliphatic carbocycles. The lowest BCUT2D eigenvalue weighted by atomic mass is 10.1. The summed E-state index contributed by atoms with van der Waals surface area (Å²) >= 11 is 0. The SMILES string of the molecule is Cc1ccc(C2CN(Cc3ccc(-c4ccccc4C(=O)O)o3)CCO2)nc1. The maximum Gasteiger partial charge on any atom is 0.336 e. The predicted molar refractivity (Wildman–Crippen MR) is 104 cm³/mol. The van der Waals surface area contributed by atoms with Crippen molar-refractivity contribution in [1.82, 2.24) is 9.88 Å². The van der Waals surface area contributed by atoms with Gasteiger partial charge in [0.25, 0.3) is 0 Å². The Morgan fingerprint density at radius 2 is 2.07 bits per heavy atom. The fourth-order valence-corrected chi connectivity index (χ4v) is 3.41. The third kappa shape index (κ3) is 3.98. The molecule has 1 aliphatic rings. The van der Waals surface area contributed by atoms with E-state index in [4.69, 9.17) is 9.15 Å². The smallest absolute Gasteiger partial charge is 0.336 e. The minimum atomic E-state index is -0.963. The molecular weight excluding hydrogens is 356 g/mol. The second kappa shape index (κ2) is 7.96. The minimum absolute atomic E-state index is 0.0588. The van der Waals surface area contributed by atoms with Crippen LogP contribution in [-0.4, -0.2) is 40.7 Å². The third-order valence-electron chi connectivity index (χ3n) is 4.88. The molecule has 2 aromatic heterocycles. The van der Waals surface area contributed by atoms with Crippen LogP contribution < -0.4 is 0 Å². The summed E-state index contributed by atoms with van der Waals surface area (Å²) in [5.41, 5.74) is 2.89. The van der Waals surface area contributed by atoms with Crippen LogP contribution in [0.2, 0.25) is 0 Å². The van der Waals surface area contributed by atoms with Crippen LogP contribution in [-0.2, 0) is 11.3 Å². The molecule has 1 atom stereocenters. The van der Waals surface area contributed by atoms with Gasteiger partial charge in [-0.25, -0.2) is 4.79 Å². The second-order valence-corrected chi connectivity index (χ2v) is 6.97. The molecule has 0 saturated carbocycles. The molecule has 0 radical (unpaired) electrons. The second-order valence-electron chi connectivity index (χ2n) is 6.97. The largest absolute Gasteiger partial charge is 0.478 e. The van der Waals surface area contributed by atoms with Crippen LogP contribution in [0.5, 0.6) is 0 Å². The molecule has 0 amide bonds. The molecule has 4 rings (SSSR count). The van der Waals surface area contributed by atoms with Crippen molar-refractivity contribution < 1.29 is 19.1 Å². The number of aromatic nitrogens is 1. The lowest BCUT2D eigenvalue weighted by Gasteiger charge is -2.32. The topological polar surface area (TPSA) is 75.8 Å². The van der Waals surface area contributed by atoms with Gasteiger partial charge in [0.15, 0.2) is 0 Å². The van der Waals surface area contributed by atoms with Crippen LogP contribution in [0.4, 0.5) is 0 Å². The number of ether oxygens (including phenoxy) is 1. The van der Waals surface area contributed by atoms with Crippen molar-refractivity contribution in [2.45, 2.75) is 19.6 Å². The van der Waals surface area contributed by atoms with Gasteiger partial charge in [0.05, 0.1) is 24.4 Å². The van der Waals surface area contributed by atoms with Crippen LogP contribution >= 0.6 is 0 Å². The van der Waals surface area contributed by atoms with Crippen LogP contribution in [0.25, 0.3) is 11.3 Å². The molecule has 1 N–H and O–H groups in total. The lowest BCUT2D eigenvalue weighted by molar-refractivity contribution is -0.0366. The average molecular weight is 378 g/mol. The van der Waals surface area contributed by atoms with Crippen LogP contribution in [0.3, 0.4) is 0 Å². The zero-order valence-electron chi connectivity index (χ0n) is 15.7. The molecule has 0 bridgehead atoms. The van der Waals surface area contributed by atoms with E-state index in [1.54, 1.807) is 18.2 Å². The quantitative estimate of drug-likeness (QED) is 0.725. The highest BCUT2D eigenvalue weighted by atomic mass is 16.5. The van der Waals surface area contributed by atoms with Gasteiger partial charge in [-0.05, 0) is 36.8 Å². The number of carbonyl (C=O) groups is 1. The number of carboxylic acid groups (broad SMARTS) is 1. The first-order valence-electron chi connectivity index (χ1n) is 9.28. The first-order chi connectivity index (χ1) is 13.6. The number of furan rings is 1. The number of hydrogen-bond donors (Lipinski definition) is 1. The van der Waals surface area contributed by atoms with Crippen LogP contribution in [0.15, 0.2) is 59.1 Å². The molecular formula is C22H22N2O4. The Balaban J connectivity index is 1.47. The summed E-state index contributed by atoms with van der Waals surface area (Å²) < 4.78 is 11.8.